The highest BCUT2D eigenvalue weighted by atomic mass is 33.1. The SMILES string of the molecule is CCC(C)CC(C)(C)SSC(C)(C)CC(C)(C)NC. The van der Waals surface area contributed by atoms with Crippen molar-refractivity contribution in [2.75, 3.05) is 7.05 Å². The van der Waals surface area contributed by atoms with E-state index in [9.17, 15) is 0 Å². The summed E-state index contributed by atoms with van der Waals surface area (Å²) in [6.07, 6.45) is 3.76. The molecule has 1 unspecified atom stereocenters. The molecule has 3 heteroatoms. The molecule has 1 nitrogen and oxygen atoms in total. The molecule has 1 atom stereocenters. The van der Waals surface area contributed by atoms with Gasteiger partial charge in [-0.3, -0.25) is 0 Å². The van der Waals surface area contributed by atoms with Gasteiger partial charge in [-0.2, -0.15) is 0 Å². The molecule has 0 aliphatic heterocycles. The van der Waals surface area contributed by atoms with Gasteiger partial charge in [0.2, 0.25) is 0 Å². The lowest BCUT2D eigenvalue weighted by Gasteiger charge is -2.36. The molecule has 0 rings (SSSR count). The highest BCUT2D eigenvalue weighted by Gasteiger charge is 2.31. The normalized spacial score (nSPS) is 15.6. The zero-order chi connectivity index (χ0) is 15.3. The number of nitrogens with one attached hydrogen (secondary N) is 1. The molecule has 0 saturated heterocycles. The standard InChI is InChI=1S/C16H35NS2/c1-10-13(2)11-15(5,6)18-19-16(7,8)12-14(3,4)17-9/h13,17H,10-12H2,1-9H3. The molecule has 0 aromatic carbocycles. The maximum Gasteiger partial charge on any atom is 0.0224 e. The van der Waals surface area contributed by atoms with Crippen LogP contribution >= 0.6 is 21.6 Å². The van der Waals surface area contributed by atoms with Crippen molar-refractivity contribution in [3.05, 3.63) is 0 Å². The van der Waals surface area contributed by atoms with Crippen molar-refractivity contribution in [2.45, 2.75) is 89.7 Å². The molecule has 0 amide bonds. The third kappa shape index (κ3) is 9.25. The van der Waals surface area contributed by atoms with Gasteiger partial charge in [-0.25, -0.2) is 0 Å². The summed E-state index contributed by atoms with van der Waals surface area (Å²) in [4.78, 5) is 0. The average Bonchev–Trinajstić information content (AvgIpc) is 2.25. The van der Waals surface area contributed by atoms with Crippen LogP contribution in [0.4, 0.5) is 0 Å². The summed E-state index contributed by atoms with van der Waals surface area (Å²) < 4.78 is 0.658. The minimum Gasteiger partial charge on any atom is -0.315 e. The minimum atomic E-state index is 0.206. The van der Waals surface area contributed by atoms with Crippen molar-refractivity contribution in [1.82, 2.24) is 5.32 Å². The third-order valence-corrected chi connectivity index (χ3v) is 7.83. The van der Waals surface area contributed by atoms with E-state index in [1.807, 2.05) is 0 Å². The first kappa shape index (κ1) is 19.7. The summed E-state index contributed by atoms with van der Waals surface area (Å²) in [6, 6.07) is 0. The van der Waals surface area contributed by atoms with Gasteiger partial charge in [-0.15, -0.1) is 0 Å². The van der Waals surface area contributed by atoms with Crippen LogP contribution in [0, 0.1) is 5.92 Å². The molecule has 0 spiro atoms. The Kier molecular flexibility index (Phi) is 7.87. The Balaban J connectivity index is 4.36. The van der Waals surface area contributed by atoms with Crippen molar-refractivity contribution in [3.8, 4) is 0 Å². The molecule has 0 aromatic rings. The fourth-order valence-corrected chi connectivity index (χ4v) is 5.38. The van der Waals surface area contributed by atoms with Crippen LogP contribution in [0.15, 0.2) is 0 Å². The van der Waals surface area contributed by atoms with Crippen molar-refractivity contribution in [3.63, 3.8) is 0 Å². The molecule has 0 bridgehead atoms. The maximum atomic E-state index is 3.41. The smallest absolute Gasteiger partial charge is 0.0224 e. The quantitative estimate of drug-likeness (QED) is 0.545. The Labute approximate surface area is 129 Å². The predicted molar refractivity (Wildman–Crippen MR) is 95.2 cm³/mol. The first-order valence-corrected chi connectivity index (χ1v) is 9.64. The van der Waals surface area contributed by atoms with Gasteiger partial charge >= 0.3 is 0 Å². The first-order valence-electron chi connectivity index (χ1n) is 7.49. The lowest BCUT2D eigenvalue weighted by atomic mass is 9.92. The molecule has 0 heterocycles. The van der Waals surface area contributed by atoms with E-state index in [-0.39, 0.29) is 5.54 Å². The van der Waals surface area contributed by atoms with Crippen molar-refractivity contribution in [1.29, 1.82) is 0 Å². The summed E-state index contributed by atoms with van der Waals surface area (Å²) in [7, 11) is 6.18. The molecule has 0 saturated carbocycles. The average molecular weight is 306 g/mol. The van der Waals surface area contributed by atoms with Gasteiger partial charge in [0.1, 0.15) is 0 Å². The third-order valence-electron chi connectivity index (χ3n) is 3.57. The topological polar surface area (TPSA) is 12.0 Å². The monoisotopic (exact) mass is 305 g/mol. The summed E-state index contributed by atoms with van der Waals surface area (Å²) in [5, 5.41) is 3.41. The second-order valence-electron chi connectivity index (χ2n) is 7.71. The molecule has 1 N–H and O–H groups in total. The highest BCUT2D eigenvalue weighted by molar-refractivity contribution is 8.77. The fourth-order valence-electron chi connectivity index (χ4n) is 2.43. The van der Waals surface area contributed by atoms with Crippen LogP contribution in [0.3, 0.4) is 0 Å². The van der Waals surface area contributed by atoms with E-state index in [0.717, 1.165) is 5.92 Å². The van der Waals surface area contributed by atoms with E-state index in [0.29, 0.717) is 9.49 Å². The fraction of sp³-hybridized carbons (Fsp3) is 1.00. The number of hydrogen-bond donors (Lipinski definition) is 1. The molecule has 19 heavy (non-hydrogen) atoms. The highest BCUT2D eigenvalue weighted by Crippen LogP contribution is 2.48. The Bertz CT molecular complexity index is 259. The molecule has 116 valence electrons. The van der Waals surface area contributed by atoms with Crippen molar-refractivity contribution in [2.24, 2.45) is 5.92 Å². The molecular weight excluding hydrogens is 270 g/mol. The van der Waals surface area contributed by atoms with Crippen LogP contribution in [-0.2, 0) is 0 Å². The van der Waals surface area contributed by atoms with Gasteiger partial charge < -0.3 is 5.32 Å². The van der Waals surface area contributed by atoms with E-state index in [2.05, 4.69) is 89.3 Å². The van der Waals surface area contributed by atoms with Crippen LogP contribution in [-0.4, -0.2) is 22.1 Å². The van der Waals surface area contributed by atoms with Crippen molar-refractivity contribution >= 4 is 21.6 Å². The van der Waals surface area contributed by atoms with E-state index in [4.69, 9.17) is 0 Å². The van der Waals surface area contributed by atoms with Crippen molar-refractivity contribution < 1.29 is 0 Å². The zero-order valence-corrected chi connectivity index (χ0v) is 16.1. The summed E-state index contributed by atoms with van der Waals surface area (Å²) in [5.74, 6) is 0.819. The lowest BCUT2D eigenvalue weighted by Crippen LogP contribution is -2.41. The van der Waals surface area contributed by atoms with Gasteiger partial charge in [-0.1, -0.05) is 41.9 Å². The molecule has 0 radical (unpaired) electrons. The molecule has 0 aliphatic carbocycles. The van der Waals surface area contributed by atoms with Gasteiger partial charge in [0.15, 0.2) is 0 Å². The molecule has 0 aromatic heterocycles. The van der Waals surface area contributed by atoms with Crippen LogP contribution in [0.2, 0.25) is 0 Å². The number of hydrogen-bond acceptors (Lipinski definition) is 3. The molecular formula is C16H35NS2. The van der Waals surface area contributed by atoms with Gasteiger partial charge in [0, 0.05) is 15.0 Å². The minimum absolute atomic E-state index is 0.206. The van der Waals surface area contributed by atoms with Gasteiger partial charge in [-0.05, 0) is 67.3 Å². The second kappa shape index (κ2) is 7.61. The zero-order valence-electron chi connectivity index (χ0n) is 14.5. The maximum absolute atomic E-state index is 3.41. The summed E-state index contributed by atoms with van der Waals surface area (Å²) >= 11 is 0. The largest absolute Gasteiger partial charge is 0.315 e. The van der Waals surface area contributed by atoms with Crippen LogP contribution in [0.1, 0.15) is 74.7 Å². The van der Waals surface area contributed by atoms with E-state index < -0.39 is 0 Å². The predicted octanol–water partition coefficient (Wildman–Crippen LogP) is 5.75. The number of rotatable bonds is 9. The van der Waals surface area contributed by atoms with E-state index in [1.165, 1.54) is 19.3 Å². The van der Waals surface area contributed by atoms with Crippen LogP contribution in [0.5, 0.6) is 0 Å². The Morgan fingerprint density at radius 2 is 1.42 bits per heavy atom. The van der Waals surface area contributed by atoms with Gasteiger partial charge in [0.25, 0.3) is 0 Å². The van der Waals surface area contributed by atoms with Crippen LogP contribution < -0.4 is 5.32 Å². The Hall–Kier alpha value is 0.660. The summed E-state index contributed by atoms with van der Waals surface area (Å²) in [5.41, 5.74) is 0.206. The second-order valence-corrected chi connectivity index (χ2v) is 11.3. The van der Waals surface area contributed by atoms with E-state index >= 15 is 0 Å². The van der Waals surface area contributed by atoms with E-state index in [1.54, 1.807) is 0 Å². The van der Waals surface area contributed by atoms with Crippen LogP contribution in [0.25, 0.3) is 0 Å². The van der Waals surface area contributed by atoms with Gasteiger partial charge in [0.05, 0.1) is 0 Å². The lowest BCUT2D eigenvalue weighted by molar-refractivity contribution is 0.359. The Morgan fingerprint density at radius 3 is 1.84 bits per heavy atom. The molecule has 0 fully saturated rings. The summed E-state index contributed by atoms with van der Waals surface area (Å²) in [6.45, 7) is 18.7. The first-order chi connectivity index (χ1) is 8.43. The molecule has 0 aliphatic rings. The Morgan fingerprint density at radius 1 is 0.947 bits per heavy atom.